The van der Waals surface area contributed by atoms with Crippen molar-refractivity contribution in [3.63, 3.8) is 0 Å². The average molecular weight is 517 g/mol. The van der Waals surface area contributed by atoms with E-state index in [0.29, 0.717) is 35.4 Å². The van der Waals surface area contributed by atoms with Crippen molar-refractivity contribution >= 4 is 40.6 Å². The van der Waals surface area contributed by atoms with E-state index >= 15 is 0 Å². The van der Waals surface area contributed by atoms with Gasteiger partial charge in [0.1, 0.15) is 5.75 Å². The normalized spacial score (nSPS) is 18.6. The van der Waals surface area contributed by atoms with E-state index in [0.717, 1.165) is 36.6 Å². The van der Waals surface area contributed by atoms with Crippen LogP contribution in [0.4, 0.5) is 5.69 Å². The van der Waals surface area contributed by atoms with Gasteiger partial charge in [0.15, 0.2) is 5.17 Å². The molecule has 2 aliphatic rings. The molecule has 10 heteroatoms. The SMILES string of the molecule is COC(=O)c1ccc(/C=C2\SC(=Nc3ccc(OC)cc3)N(CCN3CCOCC3)C2=O)cc1.[Cl-]. The summed E-state index contributed by atoms with van der Waals surface area (Å²) in [6.45, 7) is 4.42. The molecule has 2 heterocycles. The number of hydrogen-bond acceptors (Lipinski definition) is 8. The molecular weight excluding hydrogens is 490 g/mol. The molecule has 2 saturated heterocycles. The Morgan fingerprint density at radius 1 is 1.06 bits per heavy atom. The van der Waals surface area contributed by atoms with Gasteiger partial charge in [-0.25, -0.2) is 9.79 Å². The average Bonchev–Trinajstić information content (AvgIpc) is 3.17. The van der Waals surface area contributed by atoms with Crippen molar-refractivity contribution in [3.8, 4) is 5.75 Å². The van der Waals surface area contributed by atoms with E-state index in [2.05, 4.69) is 4.90 Å². The molecule has 0 aliphatic carbocycles. The van der Waals surface area contributed by atoms with Gasteiger partial charge in [0.25, 0.3) is 5.91 Å². The number of hydrogen-bond donors (Lipinski definition) is 0. The second kappa shape index (κ2) is 12.7. The van der Waals surface area contributed by atoms with Crippen molar-refractivity contribution in [1.82, 2.24) is 9.80 Å². The first-order valence-electron chi connectivity index (χ1n) is 11.0. The van der Waals surface area contributed by atoms with Crippen LogP contribution in [0.5, 0.6) is 5.75 Å². The maximum absolute atomic E-state index is 13.3. The summed E-state index contributed by atoms with van der Waals surface area (Å²) in [6.07, 6.45) is 1.83. The fourth-order valence-corrected chi connectivity index (χ4v) is 4.63. The molecule has 0 bridgehead atoms. The second-order valence-corrected chi connectivity index (χ2v) is 8.74. The monoisotopic (exact) mass is 516 g/mol. The van der Waals surface area contributed by atoms with Gasteiger partial charge < -0.3 is 26.6 Å². The Morgan fingerprint density at radius 3 is 2.37 bits per heavy atom. The standard InChI is InChI=1S/C25H27N3O5S.ClH/c1-31-21-9-7-20(8-10-21)26-25-28(12-11-27-13-15-33-16-14-27)23(29)22(34-25)17-18-3-5-19(6-4-18)24(30)32-2;/h3-10,17H,11-16H2,1-2H3;1H/p-1/b22-17-,26-25?;. The lowest BCUT2D eigenvalue weighted by atomic mass is 10.1. The highest BCUT2D eigenvalue weighted by molar-refractivity contribution is 8.18. The number of rotatable bonds is 7. The summed E-state index contributed by atoms with van der Waals surface area (Å²) < 4.78 is 15.4. The first kappa shape index (κ1) is 26.7. The van der Waals surface area contributed by atoms with E-state index in [1.54, 1.807) is 36.3 Å². The summed E-state index contributed by atoms with van der Waals surface area (Å²) in [5, 5.41) is 0.640. The van der Waals surface area contributed by atoms with E-state index in [9.17, 15) is 9.59 Å². The number of nitrogens with zero attached hydrogens (tertiary/aromatic N) is 3. The van der Waals surface area contributed by atoms with Gasteiger partial charge in [-0.05, 0) is 59.8 Å². The van der Waals surface area contributed by atoms with Gasteiger partial charge in [-0.3, -0.25) is 14.6 Å². The number of carbonyl (C=O) groups is 2. The zero-order chi connectivity index (χ0) is 23.9. The quantitative estimate of drug-likeness (QED) is 0.390. The lowest BCUT2D eigenvalue weighted by Crippen LogP contribution is -3.00. The summed E-state index contributed by atoms with van der Waals surface area (Å²) in [6, 6.07) is 14.4. The lowest BCUT2D eigenvalue weighted by Gasteiger charge is -2.28. The fourth-order valence-electron chi connectivity index (χ4n) is 3.61. The highest BCUT2D eigenvalue weighted by Gasteiger charge is 2.33. The third-order valence-electron chi connectivity index (χ3n) is 5.56. The molecule has 35 heavy (non-hydrogen) atoms. The zero-order valence-electron chi connectivity index (χ0n) is 19.6. The van der Waals surface area contributed by atoms with E-state index in [-0.39, 0.29) is 18.3 Å². The third-order valence-corrected chi connectivity index (χ3v) is 6.56. The van der Waals surface area contributed by atoms with Crippen LogP contribution in [0.1, 0.15) is 15.9 Å². The molecule has 2 aliphatic heterocycles. The van der Waals surface area contributed by atoms with E-state index in [1.165, 1.54) is 18.9 Å². The summed E-state index contributed by atoms with van der Waals surface area (Å²) in [7, 11) is 2.97. The number of amides is 1. The maximum atomic E-state index is 13.3. The van der Waals surface area contributed by atoms with Crippen LogP contribution in [-0.4, -0.2) is 80.5 Å². The third kappa shape index (κ3) is 6.85. The Bertz CT molecular complexity index is 1080. The maximum Gasteiger partial charge on any atom is 0.337 e. The number of aliphatic imine (C=N–C) groups is 1. The number of benzene rings is 2. The van der Waals surface area contributed by atoms with Gasteiger partial charge in [-0.1, -0.05) is 12.1 Å². The zero-order valence-corrected chi connectivity index (χ0v) is 21.2. The number of morpholine rings is 1. The molecule has 0 saturated carbocycles. The Labute approximate surface area is 215 Å². The van der Waals surface area contributed by atoms with E-state index < -0.39 is 5.97 Å². The molecule has 2 aromatic rings. The number of thioether (sulfide) groups is 1. The summed E-state index contributed by atoms with van der Waals surface area (Å²) >= 11 is 1.35. The predicted molar refractivity (Wildman–Crippen MR) is 132 cm³/mol. The molecule has 0 spiro atoms. The first-order chi connectivity index (χ1) is 16.6. The summed E-state index contributed by atoms with van der Waals surface area (Å²) in [5.41, 5.74) is 2.03. The van der Waals surface area contributed by atoms with Gasteiger partial charge in [0, 0.05) is 26.2 Å². The van der Waals surface area contributed by atoms with Crippen molar-refractivity contribution in [3.05, 3.63) is 64.6 Å². The topological polar surface area (TPSA) is 80.7 Å². The number of esters is 1. The molecule has 0 radical (unpaired) electrons. The van der Waals surface area contributed by atoms with Crippen molar-refractivity contribution in [1.29, 1.82) is 0 Å². The van der Waals surface area contributed by atoms with E-state index in [4.69, 9.17) is 19.2 Å². The molecule has 2 fully saturated rings. The largest absolute Gasteiger partial charge is 1.00 e. The molecule has 0 atom stereocenters. The van der Waals surface area contributed by atoms with Crippen molar-refractivity contribution < 1.29 is 36.2 Å². The molecule has 186 valence electrons. The van der Waals surface area contributed by atoms with Crippen LogP contribution in [0.3, 0.4) is 0 Å². The number of carbonyl (C=O) groups excluding carboxylic acids is 2. The molecule has 0 unspecified atom stereocenters. The van der Waals surface area contributed by atoms with Gasteiger partial charge in [0.2, 0.25) is 0 Å². The minimum atomic E-state index is -0.395. The molecular formula is C25H27ClN3O5S-. The summed E-state index contributed by atoms with van der Waals surface area (Å²) in [5.74, 6) is 0.274. The number of ether oxygens (including phenoxy) is 3. The molecule has 2 aromatic carbocycles. The predicted octanol–water partition coefficient (Wildman–Crippen LogP) is 0.422. The van der Waals surface area contributed by atoms with Crippen LogP contribution in [0, 0.1) is 0 Å². The second-order valence-electron chi connectivity index (χ2n) is 7.73. The van der Waals surface area contributed by atoms with Crippen molar-refractivity contribution in [2.45, 2.75) is 0 Å². The Balaban J connectivity index is 0.00000342. The highest BCUT2D eigenvalue weighted by Crippen LogP contribution is 2.34. The van der Waals surface area contributed by atoms with E-state index in [1.807, 2.05) is 30.3 Å². The van der Waals surface area contributed by atoms with Crippen molar-refractivity contribution in [2.75, 3.05) is 53.6 Å². The molecule has 4 rings (SSSR count). The van der Waals surface area contributed by atoms with Crippen LogP contribution in [-0.2, 0) is 14.3 Å². The van der Waals surface area contributed by atoms with Crippen LogP contribution >= 0.6 is 11.8 Å². The van der Waals surface area contributed by atoms with Crippen LogP contribution < -0.4 is 17.1 Å². The lowest BCUT2D eigenvalue weighted by molar-refractivity contribution is -0.122. The highest BCUT2D eigenvalue weighted by atomic mass is 35.5. The van der Waals surface area contributed by atoms with Crippen molar-refractivity contribution in [2.24, 2.45) is 4.99 Å². The van der Waals surface area contributed by atoms with Gasteiger partial charge in [-0.2, -0.15) is 0 Å². The van der Waals surface area contributed by atoms with Gasteiger partial charge in [0.05, 0.1) is 43.6 Å². The number of methoxy groups -OCH3 is 2. The molecule has 8 nitrogen and oxygen atoms in total. The summed E-state index contributed by atoms with van der Waals surface area (Å²) in [4.78, 5) is 34.4. The smallest absolute Gasteiger partial charge is 0.337 e. The Morgan fingerprint density at radius 2 is 1.74 bits per heavy atom. The molecule has 0 N–H and O–H groups in total. The van der Waals surface area contributed by atoms with Crippen LogP contribution in [0.25, 0.3) is 6.08 Å². The van der Waals surface area contributed by atoms with Crippen LogP contribution in [0.2, 0.25) is 0 Å². The van der Waals surface area contributed by atoms with Gasteiger partial charge in [-0.15, -0.1) is 0 Å². The molecule has 1 amide bonds. The fraction of sp³-hybridized carbons (Fsp3) is 0.320. The van der Waals surface area contributed by atoms with Crippen LogP contribution in [0.15, 0.2) is 58.4 Å². The Kier molecular flexibility index (Phi) is 9.73. The first-order valence-corrected chi connectivity index (χ1v) is 11.8. The minimum Gasteiger partial charge on any atom is -1.00 e. The minimum absolute atomic E-state index is 0. The number of amidine groups is 1. The Hall–Kier alpha value is -2.85. The number of halogens is 1. The molecule has 0 aromatic heterocycles. The van der Waals surface area contributed by atoms with Gasteiger partial charge >= 0.3 is 5.97 Å².